The Labute approximate surface area is 168 Å². The van der Waals surface area contributed by atoms with Crippen molar-refractivity contribution in [1.29, 1.82) is 0 Å². The number of ether oxygens (including phenoxy) is 2. The van der Waals surface area contributed by atoms with Gasteiger partial charge in [-0.1, -0.05) is 32.0 Å². The highest BCUT2D eigenvalue weighted by atomic mass is 16.6. The van der Waals surface area contributed by atoms with Gasteiger partial charge in [0.2, 0.25) is 5.78 Å². The Morgan fingerprint density at radius 1 is 0.931 bits per heavy atom. The third-order valence-electron chi connectivity index (χ3n) is 4.70. The highest BCUT2D eigenvalue weighted by Gasteiger charge is 2.16. The number of para-hydroxylation sites is 1. The molecule has 1 aromatic heterocycles. The monoisotopic (exact) mass is 393 g/mol. The zero-order chi connectivity index (χ0) is 20.8. The van der Waals surface area contributed by atoms with Crippen molar-refractivity contribution < 1.29 is 23.9 Å². The minimum absolute atomic E-state index is 0.0396. The Hall–Kier alpha value is -3.41. The zero-order valence-electron chi connectivity index (χ0n) is 16.5. The molecule has 3 rings (SSSR count). The van der Waals surface area contributed by atoms with E-state index in [-0.39, 0.29) is 24.8 Å². The number of Topliss-reactive ketones (excluding diaryl/α,β-unsaturated/α-hetero) is 2. The first kappa shape index (κ1) is 20.3. The van der Waals surface area contributed by atoms with Gasteiger partial charge >= 0.3 is 5.97 Å². The number of carbonyl (C=O) groups is 3. The van der Waals surface area contributed by atoms with Crippen LogP contribution < -0.4 is 4.74 Å². The van der Waals surface area contributed by atoms with Crippen LogP contribution in [0.3, 0.4) is 0 Å². The number of aryl methyl sites for hydroxylation is 1. The minimum atomic E-state index is -0.638. The summed E-state index contributed by atoms with van der Waals surface area (Å²) >= 11 is 0. The maximum absolute atomic E-state index is 12.5. The largest absolute Gasteiger partial charge is 0.482 e. The second-order valence-electron chi connectivity index (χ2n) is 6.57. The molecule has 0 saturated heterocycles. The SMILES string of the molecule is CCC(=O)c1ccc(OCC(=O)OCC(=O)c2c[nH]c3c(CC)cccc23)cc1. The van der Waals surface area contributed by atoms with Gasteiger partial charge < -0.3 is 14.5 Å². The lowest BCUT2D eigenvalue weighted by molar-refractivity contribution is -0.144. The van der Waals surface area contributed by atoms with Crippen molar-refractivity contribution in [2.45, 2.75) is 26.7 Å². The van der Waals surface area contributed by atoms with Gasteiger partial charge in [0, 0.05) is 34.6 Å². The summed E-state index contributed by atoms with van der Waals surface area (Å²) in [7, 11) is 0. The summed E-state index contributed by atoms with van der Waals surface area (Å²) in [4.78, 5) is 39.1. The molecule has 0 spiro atoms. The predicted octanol–water partition coefficient (Wildman–Crippen LogP) is 4.13. The van der Waals surface area contributed by atoms with Crippen molar-refractivity contribution in [3.63, 3.8) is 0 Å². The van der Waals surface area contributed by atoms with Gasteiger partial charge in [-0.2, -0.15) is 0 Å². The number of aromatic amines is 1. The molecule has 0 amide bonds. The summed E-state index contributed by atoms with van der Waals surface area (Å²) in [5.74, 6) is -0.427. The number of rotatable bonds is 9. The number of fused-ring (bicyclic) bond motifs is 1. The first-order valence-electron chi connectivity index (χ1n) is 9.57. The molecule has 6 heteroatoms. The number of esters is 1. The summed E-state index contributed by atoms with van der Waals surface area (Å²) in [5, 5.41) is 0.823. The van der Waals surface area contributed by atoms with Crippen molar-refractivity contribution in [2.75, 3.05) is 13.2 Å². The van der Waals surface area contributed by atoms with Crippen molar-refractivity contribution >= 4 is 28.4 Å². The van der Waals surface area contributed by atoms with E-state index in [0.717, 1.165) is 22.9 Å². The summed E-state index contributed by atoms with van der Waals surface area (Å²) in [5.41, 5.74) is 3.15. The van der Waals surface area contributed by atoms with E-state index >= 15 is 0 Å². The molecule has 0 saturated carbocycles. The minimum Gasteiger partial charge on any atom is -0.482 e. The maximum Gasteiger partial charge on any atom is 0.344 e. The van der Waals surface area contributed by atoms with E-state index in [4.69, 9.17) is 9.47 Å². The fourth-order valence-electron chi connectivity index (χ4n) is 3.09. The van der Waals surface area contributed by atoms with E-state index < -0.39 is 5.97 Å². The van der Waals surface area contributed by atoms with Gasteiger partial charge in [-0.15, -0.1) is 0 Å². The standard InChI is InChI=1S/C23H23NO5/c1-3-15-6-5-7-18-19(12-24-23(15)18)21(26)13-29-22(27)14-28-17-10-8-16(9-11-17)20(25)4-2/h5-12,24H,3-4,13-14H2,1-2H3. The molecule has 0 unspecified atom stereocenters. The molecule has 0 atom stereocenters. The third kappa shape index (κ3) is 4.71. The Bertz CT molecular complexity index is 1030. The van der Waals surface area contributed by atoms with Crippen molar-refractivity contribution in [1.82, 2.24) is 4.98 Å². The van der Waals surface area contributed by atoms with Gasteiger partial charge in [-0.25, -0.2) is 4.79 Å². The van der Waals surface area contributed by atoms with Crippen LogP contribution in [0.25, 0.3) is 10.9 Å². The van der Waals surface area contributed by atoms with Crippen LogP contribution in [0.4, 0.5) is 0 Å². The average Bonchev–Trinajstić information content (AvgIpc) is 3.20. The fraction of sp³-hybridized carbons (Fsp3) is 0.261. The number of nitrogens with one attached hydrogen (secondary N) is 1. The molecule has 0 radical (unpaired) electrons. The Morgan fingerprint density at radius 3 is 2.38 bits per heavy atom. The van der Waals surface area contributed by atoms with E-state index in [2.05, 4.69) is 4.98 Å². The molecular weight excluding hydrogens is 370 g/mol. The van der Waals surface area contributed by atoms with Crippen LogP contribution in [0.1, 0.15) is 46.5 Å². The molecule has 0 aliphatic rings. The quantitative estimate of drug-likeness (QED) is 0.436. The van der Waals surface area contributed by atoms with Crippen LogP contribution in [-0.2, 0) is 16.0 Å². The van der Waals surface area contributed by atoms with Gasteiger partial charge in [0.1, 0.15) is 5.75 Å². The summed E-state index contributed by atoms with van der Waals surface area (Å²) in [6.07, 6.45) is 2.93. The topological polar surface area (TPSA) is 85.5 Å². The molecule has 0 aliphatic heterocycles. The number of hydrogen-bond donors (Lipinski definition) is 1. The molecular formula is C23H23NO5. The van der Waals surface area contributed by atoms with Crippen LogP contribution in [0, 0.1) is 0 Å². The van der Waals surface area contributed by atoms with Crippen molar-refractivity contribution in [2.24, 2.45) is 0 Å². The molecule has 0 fully saturated rings. The number of hydrogen-bond acceptors (Lipinski definition) is 5. The molecule has 150 valence electrons. The fourth-order valence-corrected chi connectivity index (χ4v) is 3.09. The number of ketones is 2. The van der Waals surface area contributed by atoms with Gasteiger partial charge in [0.05, 0.1) is 0 Å². The Balaban J connectivity index is 1.53. The third-order valence-corrected chi connectivity index (χ3v) is 4.70. The predicted molar refractivity (Wildman–Crippen MR) is 110 cm³/mol. The van der Waals surface area contributed by atoms with E-state index in [1.165, 1.54) is 0 Å². The van der Waals surface area contributed by atoms with Crippen molar-refractivity contribution in [3.05, 3.63) is 65.4 Å². The lowest BCUT2D eigenvalue weighted by Crippen LogP contribution is -2.19. The first-order chi connectivity index (χ1) is 14.0. The number of benzene rings is 2. The molecule has 1 heterocycles. The van der Waals surface area contributed by atoms with Gasteiger partial charge in [-0.3, -0.25) is 9.59 Å². The Morgan fingerprint density at radius 2 is 1.69 bits per heavy atom. The highest BCUT2D eigenvalue weighted by Crippen LogP contribution is 2.22. The maximum atomic E-state index is 12.5. The van der Waals surface area contributed by atoms with Crippen LogP contribution in [0.5, 0.6) is 5.75 Å². The molecule has 0 aliphatic carbocycles. The average molecular weight is 393 g/mol. The summed E-state index contributed by atoms with van der Waals surface area (Å²) in [6.45, 7) is 3.18. The number of carbonyl (C=O) groups excluding carboxylic acids is 3. The van der Waals surface area contributed by atoms with E-state index in [9.17, 15) is 14.4 Å². The zero-order valence-corrected chi connectivity index (χ0v) is 16.5. The lowest BCUT2D eigenvalue weighted by Gasteiger charge is -2.07. The van der Waals surface area contributed by atoms with Crippen molar-refractivity contribution in [3.8, 4) is 5.75 Å². The molecule has 29 heavy (non-hydrogen) atoms. The molecule has 0 bridgehead atoms. The lowest BCUT2D eigenvalue weighted by atomic mass is 10.1. The van der Waals surface area contributed by atoms with E-state index in [1.807, 2.05) is 25.1 Å². The second-order valence-corrected chi connectivity index (χ2v) is 6.57. The normalized spacial score (nSPS) is 10.7. The summed E-state index contributed by atoms with van der Waals surface area (Å²) in [6, 6.07) is 12.3. The van der Waals surface area contributed by atoms with Crippen LogP contribution in [0.15, 0.2) is 48.7 Å². The van der Waals surface area contributed by atoms with Crippen LogP contribution in [0.2, 0.25) is 0 Å². The van der Waals surface area contributed by atoms with Crippen LogP contribution >= 0.6 is 0 Å². The van der Waals surface area contributed by atoms with Crippen LogP contribution in [-0.4, -0.2) is 35.7 Å². The Kier molecular flexibility index (Phi) is 6.44. The molecule has 3 aromatic rings. The van der Waals surface area contributed by atoms with Gasteiger partial charge in [0.25, 0.3) is 0 Å². The van der Waals surface area contributed by atoms with E-state index in [0.29, 0.717) is 23.3 Å². The smallest absolute Gasteiger partial charge is 0.344 e. The molecule has 6 nitrogen and oxygen atoms in total. The molecule has 1 N–H and O–H groups in total. The van der Waals surface area contributed by atoms with Gasteiger partial charge in [0.15, 0.2) is 19.0 Å². The number of aromatic nitrogens is 1. The van der Waals surface area contributed by atoms with Gasteiger partial charge in [-0.05, 0) is 36.2 Å². The van der Waals surface area contributed by atoms with E-state index in [1.54, 1.807) is 37.4 Å². The molecule has 2 aromatic carbocycles. The number of H-pyrrole nitrogens is 1. The second kappa shape index (κ2) is 9.19. The highest BCUT2D eigenvalue weighted by molar-refractivity contribution is 6.09. The summed E-state index contributed by atoms with van der Waals surface area (Å²) < 4.78 is 10.4. The first-order valence-corrected chi connectivity index (χ1v) is 9.57.